The van der Waals surface area contributed by atoms with Gasteiger partial charge < -0.3 is 14.9 Å². The molecule has 0 saturated carbocycles. The number of anilines is 1. The molecule has 106 valence electrons. The van der Waals surface area contributed by atoms with Gasteiger partial charge in [0.2, 0.25) is 0 Å². The molecular formula is C14H21NO4. The zero-order valence-electron chi connectivity index (χ0n) is 11.7. The summed E-state index contributed by atoms with van der Waals surface area (Å²) < 4.78 is 5.13. The van der Waals surface area contributed by atoms with Gasteiger partial charge in [-0.15, -0.1) is 0 Å². The first-order valence-corrected chi connectivity index (χ1v) is 6.18. The Bertz CT molecular complexity index is 449. The lowest BCUT2D eigenvalue weighted by Crippen LogP contribution is -2.27. The van der Waals surface area contributed by atoms with E-state index < -0.39 is 17.8 Å². The summed E-state index contributed by atoms with van der Waals surface area (Å²) in [6, 6.07) is 4.87. The van der Waals surface area contributed by atoms with Gasteiger partial charge in [0.15, 0.2) is 0 Å². The number of carbonyl (C=O) groups excluding carboxylic acids is 1. The molecule has 1 rings (SSSR count). The van der Waals surface area contributed by atoms with Crippen molar-refractivity contribution < 1.29 is 19.7 Å². The van der Waals surface area contributed by atoms with Crippen molar-refractivity contribution in [3.05, 3.63) is 23.8 Å². The highest BCUT2D eigenvalue weighted by molar-refractivity contribution is 5.88. The molecular weight excluding hydrogens is 246 g/mol. The normalized spacial score (nSPS) is 12.9. The summed E-state index contributed by atoms with van der Waals surface area (Å²) in [5, 5.41) is 21.7. The highest BCUT2D eigenvalue weighted by Crippen LogP contribution is 2.28. The second-order valence-corrected chi connectivity index (χ2v) is 5.49. The number of hydrogen-bond acceptors (Lipinski definition) is 4. The van der Waals surface area contributed by atoms with Gasteiger partial charge in [0.25, 0.3) is 0 Å². The monoisotopic (exact) mass is 267 g/mol. The minimum Gasteiger partial charge on any atom is -0.506 e. The Labute approximate surface area is 113 Å². The van der Waals surface area contributed by atoms with Gasteiger partial charge in [0, 0.05) is 6.42 Å². The molecule has 0 heterocycles. The van der Waals surface area contributed by atoms with E-state index in [2.05, 4.69) is 5.32 Å². The Hall–Kier alpha value is -1.75. The van der Waals surface area contributed by atoms with E-state index in [0.29, 0.717) is 12.0 Å². The lowest BCUT2D eigenvalue weighted by molar-refractivity contribution is 0.0635. The van der Waals surface area contributed by atoms with Crippen molar-refractivity contribution >= 4 is 11.8 Å². The molecule has 0 spiro atoms. The topological polar surface area (TPSA) is 78.8 Å². The molecule has 5 nitrogen and oxygen atoms in total. The number of nitrogens with one attached hydrogen (secondary N) is 1. The molecule has 0 aliphatic rings. The largest absolute Gasteiger partial charge is 0.506 e. The Kier molecular flexibility index (Phi) is 4.78. The van der Waals surface area contributed by atoms with E-state index in [0.717, 1.165) is 0 Å². The van der Waals surface area contributed by atoms with Gasteiger partial charge in [-0.1, -0.05) is 12.1 Å². The maximum Gasteiger partial charge on any atom is 0.412 e. The minimum absolute atomic E-state index is 0.0518. The standard InChI is InChI=1S/C14H21NO4/c1-9(16)8-10-6-5-7-11(17)12(10)15-13(18)19-14(2,3)4/h5-7,9,16-17H,8H2,1-4H3,(H,15,18). The quantitative estimate of drug-likeness (QED) is 0.736. The fourth-order valence-electron chi connectivity index (χ4n) is 1.62. The third-order valence-corrected chi connectivity index (χ3v) is 2.27. The van der Waals surface area contributed by atoms with Crippen molar-refractivity contribution in [1.29, 1.82) is 0 Å². The van der Waals surface area contributed by atoms with Crippen molar-refractivity contribution in [2.75, 3.05) is 5.32 Å². The second kappa shape index (κ2) is 5.93. The number of aromatic hydroxyl groups is 1. The molecule has 0 saturated heterocycles. The number of phenolic OH excluding ortho intramolecular Hbond substituents is 1. The van der Waals surface area contributed by atoms with Gasteiger partial charge in [-0.05, 0) is 39.3 Å². The van der Waals surface area contributed by atoms with Crippen LogP contribution < -0.4 is 5.32 Å². The Morgan fingerprint density at radius 3 is 2.58 bits per heavy atom. The maximum atomic E-state index is 11.7. The van der Waals surface area contributed by atoms with Crippen LogP contribution in [0.15, 0.2) is 18.2 Å². The lowest BCUT2D eigenvalue weighted by Gasteiger charge is -2.21. The van der Waals surface area contributed by atoms with Crippen molar-refractivity contribution in [3.8, 4) is 5.75 Å². The van der Waals surface area contributed by atoms with Gasteiger partial charge in [0.05, 0.1) is 11.8 Å². The Morgan fingerprint density at radius 2 is 2.05 bits per heavy atom. The van der Waals surface area contributed by atoms with Gasteiger partial charge in [-0.3, -0.25) is 5.32 Å². The molecule has 5 heteroatoms. The van der Waals surface area contributed by atoms with Gasteiger partial charge in [-0.2, -0.15) is 0 Å². The van der Waals surface area contributed by atoms with Crippen LogP contribution in [0.25, 0.3) is 0 Å². The van der Waals surface area contributed by atoms with Crippen molar-refractivity contribution in [1.82, 2.24) is 0 Å². The van der Waals surface area contributed by atoms with Crippen LogP contribution in [0.4, 0.5) is 10.5 Å². The van der Waals surface area contributed by atoms with E-state index in [1.807, 2.05) is 0 Å². The first-order valence-electron chi connectivity index (χ1n) is 6.18. The highest BCUT2D eigenvalue weighted by atomic mass is 16.6. The second-order valence-electron chi connectivity index (χ2n) is 5.49. The summed E-state index contributed by atoms with van der Waals surface area (Å²) in [6.07, 6.45) is -0.874. The van der Waals surface area contributed by atoms with E-state index >= 15 is 0 Å². The zero-order valence-corrected chi connectivity index (χ0v) is 11.7. The van der Waals surface area contributed by atoms with Gasteiger partial charge in [0.1, 0.15) is 11.4 Å². The Morgan fingerprint density at radius 1 is 1.42 bits per heavy atom. The average Bonchev–Trinajstić information content (AvgIpc) is 2.19. The number of aliphatic hydroxyl groups is 1. The number of carbonyl (C=O) groups is 1. The fraction of sp³-hybridized carbons (Fsp3) is 0.500. The summed E-state index contributed by atoms with van der Waals surface area (Å²) in [5.41, 5.74) is 0.317. The van der Waals surface area contributed by atoms with Crippen LogP contribution >= 0.6 is 0 Å². The van der Waals surface area contributed by atoms with Crippen LogP contribution in [0.1, 0.15) is 33.3 Å². The molecule has 0 aromatic heterocycles. The molecule has 0 aliphatic heterocycles. The molecule has 0 fully saturated rings. The molecule has 1 amide bonds. The minimum atomic E-state index is -0.638. The maximum absolute atomic E-state index is 11.7. The van der Waals surface area contributed by atoms with Gasteiger partial charge >= 0.3 is 6.09 Å². The van der Waals surface area contributed by atoms with E-state index in [-0.39, 0.29) is 11.4 Å². The number of ether oxygens (including phenoxy) is 1. The molecule has 19 heavy (non-hydrogen) atoms. The van der Waals surface area contributed by atoms with Crippen molar-refractivity contribution in [3.63, 3.8) is 0 Å². The average molecular weight is 267 g/mol. The summed E-state index contributed by atoms with van der Waals surface area (Å²) in [5.74, 6) is -0.0518. The lowest BCUT2D eigenvalue weighted by atomic mass is 10.1. The number of phenols is 1. The smallest absolute Gasteiger partial charge is 0.412 e. The molecule has 0 radical (unpaired) electrons. The predicted molar refractivity (Wildman–Crippen MR) is 73.3 cm³/mol. The summed E-state index contributed by atoms with van der Waals surface area (Å²) in [6.45, 7) is 6.91. The number of benzene rings is 1. The molecule has 3 N–H and O–H groups in total. The van der Waals surface area contributed by atoms with Crippen LogP contribution in [0.3, 0.4) is 0 Å². The summed E-state index contributed by atoms with van der Waals surface area (Å²) in [7, 11) is 0. The number of para-hydroxylation sites is 1. The first kappa shape index (κ1) is 15.3. The summed E-state index contributed by atoms with van der Waals surface area (Å²) in [4.78, 5) is 11.7. The number of hydrogen-bond donors (Lipinski definition) is 3. The summed E-state index contributed by atoms with van der Waals surface area (Å²) >= 11 is 0. The fourth-order valence-corrected chi connectivity index (χ4v) is 1.62. The van der Waals surface area contributed by atoms with E-state index in [1.54, 1.807) is 39.8 Å². The van der Waals surface area contributed by atoms with Gasteiger partial charge in [-0.25, -0.2) is 4.79 Å². The molecule has 0 aliphatic carbocycles. The van der Waals surface area contributed by atoms with Crippen LogP contribution in [-0.2, 0) is 11.2 Å². The molecule has 1 atom stereocenters. The molecule has 1 aromatic rings. The SMILES string of the molecule is CC(O)Cc1cccc(O)c1NC(=O)OC(C)(C)C. The van der Waals surface area contributed by atoms with Crippen molar-refractivity contribution in [2.24, 2.45) is 0 Å². The number of amides is 1. The molecule has 1 aromatic carbocycles. The van der Waals surface area contributed by atoms with E-state index in [4.69, 9.17) is 4.74 Å². The first-order chi connectivity index (χ1) is 8.69. The van der Waals surface area contributed by atoms with Crippen LogP contribution in [0.5, 0.6) is 5.75 Å². The number of aliphatic hydroxyl groups excluding tert-OH is 1. The van der Waals surface area contributed by atoms with E-state index in [9.17, 15) is 15.0 Å². The highest BCUT2D eigenvalue weighted by Gasteiger charge is 2.19. The Balaban J connectivity index is 2.90. The van der Waals surface area contributed by atoms with Crippen LogP contribution in [-0.4, -0.2) is 28.0 Å². The predicted octanol–water partition coefficient (Wildman–Crippen LogP) is 2.66. The third kappa shape index (κ3) is 5.18. The third-order valence-electron chi connectivity index (χ3n) is 2.27. The molecule has 1 unspecified atom stereocenters. The zero-order chi connectivity index (χ0) is 14.6. The van der Waals surface area contributed by atoms with E-state index in [1.165, 1.54) is 6.07 Å². The number of rotatable bonds is 3. The van der Waals surface area contributed by atoms with Crippen molar-refractivity contribution in [2.45, 2.75) is 45.8 Å². The molecule has 0 bridgehead atoms. The van der Waals surface area contributed by atoms with Crippen LogP contribution in [0.2, 0.25) is 0 Å². The van der Waals surface area contributed by atoms with Crippen LogP contribution in [0, 0.1) is 0 Å².